The molecule has 1 heteroatoms. The SMILES string of the molecule is C#CC(C)(Oc1cccc(C)c1C)c1ccccc1. The Bertz CT molecular complexity index is 607. The highest BCUT2D eigenvalue weighted by atomic mass is 16.5. The molecule has 2 rings (SSSR count). The molecule has 0 saturated heterocycles. The van der Waals surface area contributed by atoms with Crippen LogP contribution in [0, 0.1) is 26.2 Å². The molecule has 19 heavy (non-hydrogen) atoms. The van der Waals surface area contributed by atoms with E-state index in [0.717, 1.165) is 16.9 Å². The van der Waals surface area contributed by atoms with Gasteiger partial charge in [-0.25, -0.2) is 0 Å². The molecule has 0 bridgehead atoms. The lowest BCUT2D eigenvalue weighted by atomic mass is 9.96. The van der Waals surface area contributed by atoms with Crippen molar-refractivity contribution in [1.29, 1.82) is 0 Å². The Labute approximate surface area is 115 Å². The molecule has 0 aliphatic heterocycles. The number of aryl methyl sites for hydroxylation is 1. The summed E-state index contributed by atoms with van der Waals surface area (Å²) in [4.78, 5) is 0. The van der Waals surface area contributed by atoms with Crippen LogP contribution in [-0.2, 0) is 5.60 Å². The summed E-state index contributed by atoms with van der Waals surface area (Å²) < 4.78 is 6.11. The minimum absolute atomic E-state index is 0.750. The van der Waals surface area contributed by atoms with Crippen molar-refractivity contribution in [1.82, 2.24) is 0 Å². The Hall–Kier alpha value is -2.20. The van der Waals surface area contributed by atoms with Crippen LogP contribution < -0.4 is 4.74 Å². The molecule has 96 valence electrons. The van der Waals surface area contributed by atoms with E-state index in [9.17, 15) is 0 Å². The van der Waals surface area contributed by atoms with Crippen LogP contribution in [0.2, 0.25) is 0 Å². The van der Waals surface area contributed by atoms with E-state index >= 15 is 0 Å². The van der Waals surface area contributed by atoms with Gasteiger partial charge in [0.15, 0.2) is 5.60 Å². The van der Waals surface area contributed by atoms with Crippen LogP contribution in [0.25, 0.3) is 0 Å². The third-order valence-corrected chi connectivity index (χ3v) is 3.47. The largest absolute Gasteiger partial charge is 0.470 e. The number of benzene rings is 2. The molecule has 0 heterocycles. The molecule has 0 saturated carbocycles. The summed E-state index contributed by atoms with van der Waals surface area (Å²) in [6, 6.07) is 15.9. The maximum absolute atomic E-state index is 6.11. The summed E-state index contributed by atoms with van der Waals surface area (Å²) in [5.41, 5.74) is 2.56. The van der Waals surface area contributed by atoms with Crippen LogP contribution in [0.3, 0.4) is 0 Å². The van der Waals surface area contributed by atoms with Gasteiger partial charge in [-0.1, -0.05) is 48.4 Å². The highest BCUT2D eigenvalue weighted by Gasteiger charge is 2.26. The van der Waals surface area contributed by atoms with E-state index in [0.29, 0.717) is 0 Å². The number of ether oxygens (including phenoxy) is 1. The van der Waals surface area contributed by atoms with E-state index in [1.807, 2.05) is 56.3 Å². The first-order valence-electron chi connectivity index (χ1n) is 6.35. The first-order valence-corrected chi connectivity index (χ1v) is 6.35. The van der Waals surface area contributed by atoms with E-state index in [1.165, 1.54) is 5.56 Å². The maximum atomic E-state index is 6.11. The van der Waals surface area contributed by atoms with Crippen LogP contribution in [0.1, 0.15) is 23.6 Å². The second kappa shape index (κ2) is 5.20. The number of terminal acetylenes is 1. The van der Waals surface area contributed by atoms with Gasteiger partial charge in [-0.3, -0.25) is 0 Å². The summed E-state index contributed by atoms with van der Waals surface area (Å²) in [6.45, 7) is 6.04. The zero-order chi connectivity index (χ0) is 13.9. The molecule has 2 aromatic carbocycles. The van der Waals surface area contributed by atoms with Crippen molar-refractivity contribution in [2.45, 2.75) is 26.4 Å². The van der Waals surface area contributed by atoms with Gasteiger partial charge in [0.1, 0.15) is 5.75 Å². The molecule has 1 nitrogen and oxygen atoms in total. The average Bonchev–Trinajstić information content (AvgIpc) is 2.45. The number of hydrogen-bond donors (Lipinski definition) is 0. The lowest BCUT2D eigenvalue weighted by Gasteiger charge is -2.27. The Balaban J connectivity index is 2.40. The predicted molar refractivity (Wildman–Crippen MR) is 79.2 cm³/mol. The van der Waals surface area contributed by atoms with Crippen molar-refractivity contribution in [3.63, 3.8) is 0 Å². The number of hydrogen-bond acceptors (Lipinski definition) is 1. The molecule has 0 amide bonds. The smallest absolute Gasteiger partial charge is 0.191 e. The molecule has 0 aliphatic rings. The van der Waals surface area contributed by atoms with Crippen LogP contribution in [-0.4, -0.2) is 0 Å². The van der Waals surface area contributed by atoms with Gasteiger partial charge in [0.05, 0.1) is 0 Å². The second-order valence-electron chi connectivity index (χ2n) is 4.84. The monoisotopic (exact) mass is 250 g/mol. The van der Waals surface area contributed by atoms with Crippen molar-refractivity contribution in [2.75, 3.05) is 0 Å². The van der Waals surface area contributed by atoms with Gasteiger partial charge in [0.2, 0.25) is 0 Å². The second-order valence-corrected chi connectivity index (χ2v) is 4.84. The van der Waals surface area contributed by atoms with E-state index in [4.69, 9.17) is 11.2 Å². The van der Waals surface area contributed by atoms with Crippen LogP contribution in [0.15, 0.2) is 48.5 Å². The van der Waals surface area contributed by atoms with Crippen molar-refractivity contribution in [2.24, 2.45) is 0 Å². The molecule has 0 aliphatic carbocycles. The van der Waals surface area contributed by atoms with Gasteiger partial charge < -0.3 is 4.74 Å². The van der Waals surface area contributed by atoms with Gasteiger partial charge in [-0.15, -0.1) is 6.42 Å². The third kappa shape index (κ3) is 2.63. The molecular formula is C18H18O. The fourth-order valence-corrected chi connectivity index (χ4v) is 1.98. The number of rotatable bonds is 3. The van der Waals surface area contributed by atoms with Crippen molar-refractivity contribution < 1.29 is 4.74 Å². The highest BCUT2D eigenvalue weighted by molar-refractivity contribution is 5.41. The Morgan fingerprint density at radius 1 is 1.00 bits per heavy atom. The molecule has 0 N–H and O–H groups in total. The molecule has 0 aromatic heterocycles. The summed E-state index contributed by atoms with van der Waals surface area (Å²) in [5.74, 6) is 3.60. The summed E-state index contributed by atoms with van der Waals surface area (Å²) in [7, 11) is 0. The molecule has 0 fully saturated rings. The molecule has 1 atom stereocenters. The van der Waals surface area contributed by atoms with E-state index in [-0.39, 0.29) is 0 Å². The fourth-order valence-electron chi connectivity index (χ4n) is 1.98. The molecule has 0 spiro atoms. The summed E-state index contributed by atoms with van der Waals surface area (Å²) in [6.07, 6.45) is 5.70. The predicted octanol–water partition coefficient (Wildman–Crippen LogP) is 4.23. The topological polar surface area (TPSA) is 9.23 Å². The molecule has 1 unspecified atom stereocenters. The van der Waals surface area contributed by atoms with Gasteiger partial charge in [0.25, 0.3) is 0 Å². The Morgan fingerprint density at radius 2 is 1.68 bits per heavy atom. The lowest BCUT2D eigenvalue weighted by Crippen LogP contribution is -2.27. The van der Waals surface area contributed by atoms with Gasteiger partial charge in [0, 0.05) is 5.56 Å². The van der Waals surface area contributed by atoms with Gasteiger partial charge >= 0.3 is 0 Å². The minimum Gasteiger partial charge on any atom is -0.470 e. The third-order valence-electron chi connectivity index (χ3n) is 3.47. The quantitative estimate of drug-likeness (QED) is 0.741. The van der Waals surface area contributed by atoms with Crippen LogP contribution in [0.4, 0.5) is 0 Å². The maximum Gasteiger partial charge on any atom is 0.191 e. The van der Waals surface area contributed by atoms with Crippen LogP contribution in [0.5, 0.6) is 5.75 Å². The van der Waals surface area contributed by atoms with Gasteiger partial charge in [-0.2, -0.15) is 0 Å². The highest BCUT2D eigenvalue weighted by Crippen LogP contribution is 2.30. The van der Waals surface area contributed by atoms with Crippen molar-refractivity contribution in [3.05, 3.63) is 65.2 Å². The lowest BCUT2D eigenvalue weighted by molar-refractivity contribution is 0.151. The zero-order valence-corrected chi connectivity index (χ0v) is 11.6. The summed E-state index contributed by atoms with van der Waals surface area (Å²) in [5, 5.41) is 0. The average molecular weight is 250 g/mol. The van der Waals surface area contributed by atoms with E-state index in [2.05, 4.69) is 18.9 Å². The first kappa shape index (κ1) is 13.2. The van der Waals surface area contributed by atoms with Crippen LogP contribution >= 0.6 is 0 Å². The van der Waals surface area contributed by atoms with E-state index < -0.39 is 5.60 Å². The molecular weight excluding hydrogens is 232 g/mol. The van der Waals surface area contributed by atoms with Gasteiger partial charge in [-0.05, 0) is 38.0 Å². The molecule has 0 radical (unpaired) electrons. The minimum atomic E-state index is -0.750. The standard InChI is InChI=1S/C18H18O/c1-5-18(4,16-11-7-6-8-12-16)19-17-13-9-10-14(2)15(17)3/h1,6-13H,2-4H3. The normalized spacial score (nSPS) is 13.4. The zero-order valence-electron chi connectivity index (χ0n) is 11.6. The van der Waals surface area contributed by atoms with E-state index in [1.54, 1.807) is 0 Å². The molecule has 2 aromatic rings. The van der Waals surface area contributed by atoms with Crippen molar-refractivity contribution in [3.8, 4) is 18.1 Å². The Kier molecular flexibility index (Phi) is 3.62. The first-order chi connectivity index (χ1) is 9.07. The summed E-state index contributed by atoms with van der Waals surface area (Å²) >= 11 is 0. The Morgan fingerprint density at radius 3 is 2.32 bits per heavy atom. The fraction of sp³-hybridized carbons (Fsp3) is 0.222. The van der Waals surface area contributed by atoms with Crippen molar-refractivity contribution >= 4 is 0 Å².